The molecule has 0 fully saturated rings. The molecule has 3 aromatic heterocycles. The predicted molar refractivity (Wildman–Crippen MR) is 86.4 cm³/mol. The third kappa shape index (κ3) is 2.41. The van der Waals surface area contributed by atoms with Crippen molar-refractivity contribution >= 4 is 16.7 Å². The van der Waals surface area contributed by atoms with Crippen LogP contribution >= 0.6 is 0 Å². The van der Waals surface area contributed by atoms with Gasteiger partial charge >= 0.3 is 6.01 Å². The molecule has 0 amide bonds. The van der Waals surface area contributed by atoms with Crippen molar-refractivity contribution < 1.29 is 4.74 Å². The molecule has 2 N–H and O–H groups in total. The Morgan fingerprint density at radius 1 is 1.17 bits per heavy atom. The normalized spacial score (nSPS) is 11.0. The number of benzene rings is 1. The summed E-state index contributed by atoms with van der Waals surface area (Å²) in [5, 5.41) is 11.6. The summed E-state index contributed by atoms with van der Waals surface area (Å²) in [7, 11) is 1.76. The van der Waals surface area contributed by atoms with E-state index in [-0.39, 0.29) is 6.61 Å². The summed E-state index contributed by atoms with van der Waals surface area (Å²) in [5.41, 5.74) is 8.65. The Hall–Kier alpha value is -3.49. The highest BCUT2D eigenvalue weighted by Gasteiger charge is 2.17. The van der Waals surface area contributed by atoms with E-state index in [2.05, 4.69) is 25.5 Å². The lowest BCUT2D eigenvalue weighted by molar-refractivity contribution is 0.272. The van der Waals surface area contributed by atoms with Gasteiger partial charge in [0.15, 0.2) is 0 Å². The Kier molecular flexibility index (Phi) is 3.30. The van der Waals surface area contributed by atoms with Crippen LogP contribution < -0.4 is 10.5 Å². The zero-order valence-electron chi connectivity index (χ0n) is 12.9. The molecule has 0 aliphatic rings. The summed E-state index contributed by atoms with van der Waals surface area (Å²) in [5.74, 6) is 0.518. The van der Waals surface area contributed by atoms with Crippen molar-refractivity contribution in [2.75, 3.05) is 5.73 Å². The first-order valence-electron chi connectivity index (χ1n) is 7.26. The van der Waals surface area contributed by atoms with E-state index in [1.165, 1.54) is 0 Å². The summed E-state index contributed by atoms with van der Waals surface area (Å²) in [4.78, 5) is 8.75. The third-order valence-corrected chi connectivity index (χ3v) is 3.52. The van der Waals surface area contributed by atoms with Crippen molar-refractivity contribution in [2.24, 2.45) is 7.05 Å². The number of aryl methyl sites for hydroxylation is 1. The number of pyridine rings is 1. The molecule has 120 valence electrons. The van der Waals surface area contributed by atoms with Crippen LogP contribution in [0.3, 0.4) is 0 Å². The molecular formula is C15H14N8O. The summed E-state index contributed by atoms with van der Waals surface area (Å²) in [6, 6.07) is 11.7. The molecule has 9 heteroatoms. The molecule has 1 aromatic carbocycles. The molecule has 0 aliphatic heterocycles. The Bertz CT molecular complexity index is 988. The minimum atomic E-state index is 0.259. The van der Waals surface area contributed by atoms with E-state index in [9.17, 15) is 0 Å². The number of nitrogen functional groups attached to an aromatic ring is 1. The van der Waals surface area contributed by atoms with Gasteiger partial charge in [-0.2, -0.15) is 4.98 Å². The fourth-order valence-corrected chi connectivity index (χ4v) is 2.37. The second-order valence-corrected chi connectivity index (χ2v) is 5.19. The highest BCUT2D eigenvalue weighted by molar-refractivity contribution is 5.78. The Morgan fingerprint density at radius 2 is 2.04 bits per heavy atom. The number of anilines is 1. The number of nitrogens with two attached hydrogens (primary N) is 1. The van der Waals surface area contributed by atoms with E-state index in [1.54, 1.807) is 28.6 Å². The monoisotopic (exact) mass is 322 g/mol. The van der Waals surface area contributed by atoms with E-state index in [0.717, 1.165) is 16.7 Å². The van der Waals surface area contributed by atoms with Crippen molar-refractivity contribution in [1.82, 2.24) is 34.7 Å². The number of ether oxygens (including phenoxy) is 1. The second kappa shape index (κ2) is 5.61. The molecule has 3 heterocycles. The van der Waals surface area contributed by atoms with Gasteiger partial charge in [-0.3, -0.25) is 4.98 Å². The van der Waals surface area contributed by atoms with E-state index >= 15 is 0 Å². The van der Waals surface area contributed by atoms with Crippen LogP contribution in [0.2, 0.25) is 0 Å². The number of para-hydroxylation sites is 2. The fraction of sp³-hybridized carbons (Fsp3) is 0.133. The minimum Gasteiger partial charge on any atom is -0.458 e. The molecule has 9 nitrogen and oxygen atoms in total. The van der Waals surface area contributed by atoms with Gasteiger partial charge in [-0.25, -0.2) is 9.25 Å². The topological polar surface area (TPSA) is 110 Å². The standard InChI is InChI=1S/C15H14N8O/c1-22-14(19-20-21-22)23-13-5-3-2-4-12(13)18-15(23)24-9-11-7-6-10(16)8-17-11/h2-8H,9,16H2,1H3. The molecule has 4 aromatic rings. The Morgan fingerprint density at radius 3 is 2.79 bits per heavy atom. The lowest BCUT2D eigenvalue weighted by atomic mass is 10.3. The SMILES string of the molecule is Cn1nnnc1-n1c(OCc2ccc(N)cn2)nc2ccccc21. The average molecular weight is 322 g/mol. The highest BCUT2D eigenvalue weighted by Crippen LogP contribution is 2.25. The Balaban J connectivity index is 1.74. The van der Waals surface area contributed by atoms with Crippen molar-refractivity contribution in [1.29, 1.82) is 0 Å². The van der Waals surface area contributed by atoms with E-state index in [4.69, 9.17) is 10.5 Å². The third-order valence-electron chi connectivity index (χ3n) is 3.52. The Labute approximate surface area is 136 Å². The van der Waals surface area contributed by atoms with Crippen LogP contribution in [0.4, 0.5) is 5.69 Å². The maximum absolute atomic E-state index is 5.87. The van der Waals surface area contributed by atoms with E-state index in [0.29, 0.717) is 17.6 Å². The van der Waals surface area contributed by atoms with Gasteiger partial charge in [-0.15, -0.1) is 0 Å². The highest BCUT2D eigenvalue weighted by atomic mass is 16.5. The minimum absolute atomic E-state index is 0.259. The molecule has 4 rings (SSSR count). The van der Waals surface area contributed by atoms with Gasteiger partial charge in [0.2, 0.25) is 0 Å². The summed E-state index contributed by atoms with van der Waals surface area (Å²) >= 11 is 0. The lowest BCUT2D eigenvalue weighted by Crippen LogP contribution is -2.08. The van der Waals surface area contributed by atoms with Gasteiger partial charge in [-0.05, 0) is 34.7 Å². The first-order valence-corrected chi connectivity index (χ1v) is 7.26. The quantitative estimate of drug-likeness (QED) is 0.599. The van der Waals surface area contributed by atoms with Crippen LogP contribution in [0.25, 0.3) is 17.0 Å². The predicted octanol–water partition coefficient (Wildman–Crippen LogP) is 1.11. The molecule has 0 aliphatic carbocycles. The molecular weight excluding hydrogens is 308 g/mol. The number of tetrazole rings is 1. The molecule has 24 heavy (non-hydrogen) atoms. The van der Waals surface area contributed by atoms with Crippen LogP contribution in [0, 0.1) is 0 Å². The van der Waals surface area contributed by atoms with E-state index in [1.807, 2.05) is 30.3 Å². The van der Waals surface area contributed by atoms with Gasteiger partial charge in [-0.1, -0.05) is 17.2 Å². The number of aromatic nitrogens is 7. The number of hydrogen-bond acceptors (Lipinski definition) is 7. The largest absolute Gasteiger partial charge is 0.458 e. The number of hydrogen-bond donors (Lipinski definition) is 1. The zero-order chi connectivity index (χ0) is 16.5. The molecule has 0 atom stereocenters. The van der Waals surface area contributed by atoms with Crippen molar-refractivity contribution in [2.45, 2.75) is 6.61 Å². The molecule has 0 saturated heterocycles. The lowest BCUT2D eigenvalue weighted by Gasteiger charge is -2.08. The smallest absolute Gasteiger partial charge is 0.305 e. The number of nitrogens with zero attached hydrogens (tertiary/aromatic N) is 7. The van der Waals surface area contributed by atoms with Gasteiger partial charge < -0.3 is 10.5 Å². The summed E-state index contributed by atoms with van der Waals surface area (Å²) in [6.45, 7) is 0.259. The zero-order valence-corrected chi connectivity index (χ0v) is 12.9. The van der Waals surface area contributed by atoms with Crippen LogP contribution in [0.5, 0.6) is 6.01 Å². The van der Waals surface area contributed by atoms with Gasteiger partial charge in [0.1, 0.15) is 6.61 Å². The van der Waals surface area contributed by atoms with Gasteiger partial charge in [0.05, 0.1) is 28.6 Å². The molecule has 0 spiro atoms. The number of fused-ring (bicyclic) bond motifs is 1. The van der Waals surface area contributed by atoms with Gasteiger partial charge in [0, 0.05) is 7.05 Å². The van der Waals surface area contributed by atoms with Crippen molar-refractivity contribution in [3.8, 4) is 12.0 Å². The fourth-order valence-electron chi connectivity index (χ4n) is 2.37. The average Bonchev–Trinajstić information content (AvgIpc) is 3.17. The maximum atomic E-state index is 5.87. The van der Waals surface area contributed by atoms with Crippen molar-refractivity contribution in [3.05, 3.63) is 48.3 Å². The van der Waals surface area contributed by atoms with Crippen LogP contribution in [-0.4, -0.2) is 34.7 Å². The molecule has 0 bridgehead atoms. The van der Waals surface area contributed by atoms with Crippen LogP contribution in [0.1, 0.15) is 5.69 Å². The van der Waals surface area contributed by atoms with E-state index < -0.39 is 0 Å². The van der Waals surface area contributed by atoms with Crippen LogP contribution in [-0.2, 0) is 13.7 Å². The summed E-state index contributed by atoms with van der Waals surface area (Å²) < 4.78 is 9.19. The first-order chi connectivity index (χ1) is 11.7. The number of rotatable bonds is 4. The van der Waals surface area contributed by atoms with Crippen LogP contribution in [0.15, 0.2) is 42.6 Å². The molecule has 0 saturated carbocycles. The summed E-state index contributed by atoms with van der Waals surface area (Å²) in [6.07, 6.45) is 1.59. The maximum Gasteiger partial charge on any atom is 0.305 e. The number of imidazole rings is 1. The van der Waals surface area contributed by atoms with Gasteiger partial charge in [0.25, 0.3) is 5.95 Å². The second-order valence-electron chi connectivity index (χ2n) is 5.19. The molecule has 0 unspecified atom stereocenters. The first kappa shape index (κ1) is 14.1. The van der Waals surface area contributed by atoms with Crippen molar-refractivity contribution in [3.63, 3.8) is 0 Å². The molecule has 0 radical (unpaired) electrons.